The first-order valence-corrected chi connectivity index (χ1v) is 9.71. The maximum Gasteiger partial charge on any atom is 0.222 e. The van der Waals surface area contributed by atoms with Crippen LogP contribution < -0.4 is 5.73 Å². The monoisotopic (exact) mass is 396 g/mol. The number of nitrogens with zero attached hydrogens (tertiary/aromatic N) is 3. The van der Waals surface area contributed by atoms with Crippen LogP contribution in [0.4, 0.5) is 0 Å². The summed E-state index contributed by atoms with van der Waals surface area (Å²) in [6, 6.07) is 17.5. The molecule has 6 heteroatoms. The molecule has 0 saturated carbocycles. The molecule has 0 aliphatic carbocycles. The lowest BCUT2D eigenvalue weighted by molar-refractivity contribution is -0.130. The molecule has 3 aromatic rings. The van der Waals surface area contributed by atoms with Gasteiger partial charge < -0.3 is 10.6 Å². The highest BCUT2D eigenvalue weighted by Gasteiger charge is 2.17. The lowest BCUT2D eigenvalue weighted by atomic mass is 10.1. The quantitative estimate of drug-likeness (QED) is 0.648. The van der Waals surface area contributed by atoms with Crippen molar-refractivity contribution in [3.63, 3.8) is 0 Å². The van der Waals surface area contributed by atoms with Gasteiger partial charge in [0.2, 0.25) is 5.91 Å². The Balaban J connectivity index is 1.90. The van der Waals surface area contributed by atoms with Gasteiger partial charge in [-0.1, -0.05) is 41.9 Å². The molecule has 0 saturated heterocycles. The van der Waals surface area contributed by atoms with Gasteiger partial charge in [-0.15, -0.1) is 0 Å². The van der Waals surface area contributed by atoms with E-state index in [0.29, 0.717) is 24.4 Å². The molecule has 1 heterocycles. The summed E-state index contributed by atoms with van der Waals surface area (Å²) in [5, 5.41) is 5.46. The SMILES string of the molecule is CC(N)CCC(=O)N(C)Cc1cn(-c2ccccc2)nc1-c1ccc(Cl)cc1. The van der Waals surface area contributed by atoms with Crippen molar-refractivity contribution in [2.24, 2.45) is 5.73 Å². The Morgan fingerprint density at radius 2 is 1.86 bits per heavy atom. The molecule has 0 radical (unpaired) electrons. The predicted molar refractivity (Wildman–Crippen MR) is 113 cm³/mol. The van der Waals surface area contributed by atoms with Crippen molar-refractivity contribution >= 4 is 17.5 Å². The average Bonchev–Trinajstić information content (AvgIpc) is 3.11. The molecule has 2 N–H and O–H groups in total. The normalized spacial score (nSPS) is 12.0. The van der Waals surface area contributed by atoms with Gasteiger partial charge in [0.15, 0.2) is 0 Å². The zero-order chi connectivity index (χ0) is 20.1. The van der Waals surface area contributed by atoms with Crippen LogP contribution in [0.3, 0.4) is 0 Å². The molecule has 0 fully saturated rings. The smallest absolute Gasteiger partial charge is 0.222 e. The summed E-state index contributed by atoms with van der Waals surface area (Å²) in [4.78, 5) is 14.2. The van der Waals surface area contributed by atoms with Crippen LogP contribution in [0.25, 0.3) is 16.9 Å². The minimum absolute atomic E-state index is 0.0165. The highest BCUT2D eigenvalue weighted by molar-refractivity contribution is 6.30. The van der Waals surface area contributed by atoms with Crippen molar-refractivity contribution in [3.05, 3.63) is 71.4 Å². The zero-order valence-electron chi connectivity index (χ0n) is 16.2. The van der Waals surface area contributed by atoms with E-state index >= 15 is 0 Å². The van der Waals surface area contributed by atoms with Gasteiger partial charge in [0.25, 0.3) is 0 Å². The number of nitrogens with two attached hydrogens (primary N) is 1. The molecule has 1 atom stereocenters. The second-order valence-corrected chi connectivity index (χ2v) is 7.49. The van der Waals surface area contributed by atoms with Gasteiger partial charge in [0.1, 0.15) is 0 Å². The third-order valence-electron chi connectivity index (χ3n) is 4.58. The first-order chi connectivity index (χ1) is 13.4. The summed E-state index contributed by atoms with van der Waals surface area (Å²) in [6.07, 6.45) is 3.10. The lowest BCUT2D eigenvalue weighted by Gasteiger charge is -2.17. The topological polar surface area (TPSA) is 64.2 Å². The van der Waals surface area contributed by atoms with E-state index < -0.39 is 0 Å². The van der Waals surface area contributed by atoms with Crippen molar-refractivity contribution < 1.29 is 4.79 Å². The van der Waals surface area contributed by atoms with Crippen molar-refractivity contribution in [1.82, 2.24) is 14.7 Å². The summed E-state index contributed by atoms with van der Waals surface area (Å²) in [5.41, 5.74) is 9.52. The van der Waals surface area contributed by atoms with E-state index in [9.17, 15) is 4.79 Å². The number of rotatable bonds is 7. The maximum atomic E-state index is 12.4. The van der Waals surface area contributed by atoms with E-state index in [-0.39, 0.29) is 11.9 Å². The van der Waals surface area contributed by atoms with Crippen LogP contribution in [0, 0.1) is 0 Å². The minimum atomic E-state index is 0.0165. The first kappa shape index (κ1) is 20.1. The van der Waals surface area contributed by atoms with Gasteiger partial charge in [0.05, 0.1) is 11.4 Å². The molecule has 28 heavy (non-hydrogen) atoms. The van der Waals surface area contributed by atoms with Crippen molar-refractivity contribution in [3.8, 4) is 16.9 Å². The Hall–Kier alpha value is -2.63. The van der Waals surface area contributed by atoms with Gasteiger partial charge in [-0.25, -0.2) is 4.68 Å². The molecule has 1 amide bonds. The zero-order valence-corrected chi connectivity index (χ0v) is 16.9. The van der Waals surface area contributed by atoms with Crippen molar-refractivity contribution in [1.29, 1.82) is 0 Å². The molecule has 0 aliphatic heterocycles. The fraction of sp³-hybridized carbons (Fsp3) is 0.273. The number of carbonyl (C=O) groups excluding carboxylic acids is 1. The Morgan fingerprint density at radius 1 is 1.18 bits per heavy atom. The lowest BCUT2D eigenvalue weighted by Crippen LogP contribution is -2.28. The van der Waals surface area contributed by atoms with E-state index in [1.807, 2.05) is 79.4 Å². The van der Waals surface area contributed by atoms with Gasteiger partial charge in [-0.05, 0) is 37.6 Å². The average molecular weight is 397 g/mol. The molecule has 1 aromatic heterocycles. The fourth-order valence-electron chi connectivity index (χ4n) is 2.97. The Kier molecular flexibility index (Phi) is 6.49. The molecule has 1 unspecified atom stereocenters. The number of benzene rings is 2. The molecule has 0 spiro atoms. The van der Waals surface area contributed by atoms with Crippen LogP contribution in [-0.4, -0.2) is 33.7 Å². The number of carbonyl (C=O) groups is 1. The van der Waals surface area contributed by atoms with Crippen LogP contribution in [-0.2, 0) is 11.3 Å². The maximum absolute atomic E-state index is 12.4. The van der Waals surface area contributed by atoms with Crippen molar-refractivity contribution in [2.45, 2.75) is 32.4 Å². The van der Waals surface area contributed by atoms with Crippen LogP contribution in [0.15, 0.2) is 60.8 Å². The molecule has 2 aromatic carbocycles. The highest BCUT2D eigenvalue weighted by Crippen LogP contribution is 2.26. The number of amides is 1. The first-order valence-electron chi connectivity index (χ1n) is 9.33. The summed E-state index contributed by atoms with van der Waals surface area (Å²) in [7, 11) is 1.81. The van der Waals surface area contributed by atoms with Crippen LogP contribution >= 0.6 is 11.6 Å². The summed E-state index contributed by atoms with van der Waals surface area (Å²) in [5.74, 6) is 0.0758. The third-order valence-corrected chi connectivity index (χ3v) is 4.83. The van der Waals surface area contributed by atoms with E-state index in [2.05, 4.69) is 0 Å². The van der Waals surface area contributed by atoms with E-state index in [1.54, 1.807) is 4.90 Å². The van der Waals surface area contributed by atoms with Gasteiger partial charge in [-0.2, -0.15) is 5.10 Å². The van der Waals surface area contributed by atoms with E-state index in [4.69, 9.17) is 22.4 Å². The van der Waals surface area contributed by atoms with Gasteiger partial charge in [0, 0.05) is 48.4 Å². The predicted octanol–water partition coefficient (Wildman–Crippen LogP) is 4.28. The molecular formula is C22H25ClN4O. The standard InChI is InChI=1S/C22H25ClN4O/c1-16(24)8-13-21(28)26(2)14-18-15-27(20-6-4-3-5-7-20)25-22(18)17-9-11-19(23)12-10-17/h3-7,9-12,15-16H,8,13-14,24H2,1-2H3. The molecule has 0 aliphatic rings. The summed E-state index contributed by atoms with van der Waals surface area (Å²) in [6.45, 7) is 2.39. The second-order valence-electron chi connectivity index (χ2n) is 7.06. The molecule has 146 valence electrons. The third kappa shape index (κ3) is 5.00. The Morgan fingerprint density at radius 3 is 2.50 bits per heavy atom. The number of halogens is 1. The van der Waals surface area contributed by atoms with Crippen LogP contribution in [0.5, 0.6) is 0 Å². The van der Waals surface area contributed by atoms with Crippen molar-refractivity contribution in [2.75, 3.05) is 7.05 Å². The van der Waals surface area contributed by atoms with Gasteiger partial charge >= 0.3 is 0 Å². The molecule has 3 rings (SSSR count). The van der Waals surface area contributed by atoms with E-state index in [0.717, 1.165) is 22.5 Å². The fourth-order valence-corrected chi connectivity index (χ4v) is 3.10. The van der Waals surface area contributed by atoms with Crippen LogP contribution in [0.2, 0.25) is 5.02 Å². The largest absolute Gasteiger partial charge is 0.341 e. The number of para-hydroxylation sites is 1. The summed E-state index contributed by atoms with van der Waals surface area (Å²) < 4.78 is 1.85. The Labute approximate surface area is 170 Å². The minimum Gasteiger partial charge on any atom is -0.341 e. The number of aromatic nitrogens is 2. The molecule has 0 bridgehead atoms. The number of hydrogen-bond acceptors (Lipinski definition) is 3. The number of hydrogen-bond donors (Lipinski definition) is 1. The Bertz CT molecular complexity index is 919. The van der Waals surface area contributed by atoms with E-state index in [1.165, 1.54) is 0 Å². The molecule has 5 nitrogen and oxygen atoms in total. The highest BCUT2D eigenvalue weighted by atomic mass is 35.5. The van der Waals surface area contributed by atoms with Gasteiger partial charge in [-0.3, -0.25) is 4.79 Å². The second kappa shape index (κ2) is 9.04. The molecular weight excluding hydrogens is 372 g/mol. The summed E-state index contributed by atoms with van der Waals surface area (Å²) >= 11 is 6.04. The van der Waals surface area contributed by atoms with Crippen LogP contribution in [0.1, 0.15) is 25.3 Å².